The summed E-state index contributed by atoms with van der Waals surface area (Å²) < 4.78 is 5.88. The van der Waals surface area contributed by atoms with E-state index in [1.165, 1.54) is 0 Å². The number of furan rings is 1. The Kier molecular flexibility index (Phi) is 3.63. The highest BCUT2D eigenvalue weighted by Gasteiger charge is 2.25. The first kappa shape index (κ1) is 15.0. The van der Waals surface area contributed by atoms with Gasteiger partial charge in [0.15, 0.2) is 0 Å². The molecule has 3 heterocycles. The Morgan fingerprint density at radius 1 is 1.17 bits per heavy atom. The zero-order valence-electron chi connectivity index (χ0n) is 12.1. The number of carbonyl (C=O) groups is 2. The van der Waals surface area contributed by atoms with Gasteiger partial charge < -0.3 is 4.42 Å². The summed E-state index contributed by atoms with van der Waals surface area (Å²) in [5.41, 5.74) is 2.41. The van der Waals surface area contributed by atoms with Crippen LogP contribution in [0.3, 0.4) is 0 Å². The number of hydrogen-bond acceptors (Lipinski definition) is 5. The molecular formula is C17H9ClN2O3S. The van der Waals surface area contributed by atoms with Crippen LogP contribution < -0.4 is 5.32 Å². The van der Waals surface area contributed by atoms with Gasteiger partial charge in [-0.05, 0) is 35.5 Å². The molecule has 0 atom stereocenters. The summed E-state index contributed by atoms with van der Waals surface area (Å²) in [5.74, 6) is 0.0714. The predicted molar refractivity (Wildman–Crippen MR) is 93.6 cm³/mol. The number of pyridine rings is 1. The molecular weight excluding hydrogens is 348 g/mol. The lowest BCUT2D eigenvalue weighted by molar-refractivity contribution is -0.115. The molecule has 4 rings (SSSR count). The quantitative estimate of drug-likeness (QED) is 0.686. The van der Waals surface area contributed by atoms with E-state index in [9.17, 15) is 9.59 Å². The van der Waals surface area contributed by atoms with E-state index in [1.54, 1.807) is 36.7 Å². The van der Waals surface area contributed by atoms with Crippen LogP contribution in [0.2, 0.25) is 5.02 Å². The van der Waals surface area contributed by atoms with E-state index in [2.05, 4.69) is 10.3 Å². The molecule has 0 unspecified atom stereocenters. The molecule has 1 aromatic carbocycles. The normalized spacial score (nSPS) is 16.1. The SMILES string of the molecule is O=C1NC(=O)C(=Cc2cc3cncc(-c4ccc(Cl)cc4)c3o2)S1. The number of amides is 2. The maximum atomic E-state index is 11.6. The van der Waals surface area contributed by atoms with Gasteiger partial charge in [-0.1, -0.05) is 23.7 Å². The number of nitrogens with zero attached hydrogens (tertiary/aromatic N) is 1. The third-order valence-corrected chi connectivity index (χ3v) is 4.57. The fourth-order valence-corrected chi connectivity index (χ4v) is 3.23. The summed E-state index contributed by atoms with van der Waals surface area (Å²) in [7, 11) is 0. The number of rotatable bonds is 2. The lowest BCUT2D eigenvalue weighted by atomic mass is 10.1. The fourth-order valence-electron chi connectivity index (χ4n) is 2.44. The molecule has 0 radical (unpaired) electrons. The molecule has 0 spiro atoms. The van der Waals surface area contributed by atoms with Crippen LogP contribution in [0.25, 0.3) is 28.2 Å². The third kappa shape index (κ3) is 2.70. The van der Waals surface area contributed by atoms with E-state index in [0.29, 0.717) is 21.3 Å². The highest BCUT2D eigenvalue weighted by molar-refractivity contribution is 8.18. The Labute approximate surface area is 145 Å². The van der Waals surface area contributed by atoms with Crippen molar-refractivity contribution < 1.29 is 14.0 Å². The summed E-state index contributed by atoms with van der Waals surface area (Å²) in [5, 5.41) is 3.29. The zero-order valence-corrected chi connectivity index (χ0v) is 13.6. The van der Waals surface area contributed by atoms with Crippen LogP contribution in [-0.4, -0.2) is 16.1 Å². The minimum atomic E-state index is -0.415. The van der Waals surface area contributed by atoms with Crippen LogP contribution in [0.1, 0.15) is 5.76 Å². The number of thioether (sulfide) groups is 1. The molecule has 5 nitrogen and oxygen atoms in total. The first-order chi connectivity index (χ1) is 11.6. The summed E-state index contributed by atoms with van der Waals surface area (Å²) in [4.78, 5) is 27.4. The van der Waals surface area contributed by atoms with Crippen LogP contribution in [-0.2, 0) is 4.79 Å². The molecule has 1 saturated heterocycles. The van der Waals surface area contributed by atoms with Gasteiger partial charge in [-0.15, -0.1) is 0 Å². The molecule has 24 heavy (non-hydrogen) atoms. The highest BCUT2D eigenvalue weighted by atomic mass is 35.5. The van der Waals surface area contributed by atoms with Gasteiger partial charge in [-0.25, -0.2) is 0 Å². The van der Waals surface area contributed by atoms with Crippen molar-refractivity contribution in [2.75, 3.05) is 0 Å². The Hall–Kier alpha value is -2.57. The Balaban J connectivity index is 1.80. The second kappa shape index (κ2) is 5.81. The van der Waals surface area contributed by atoms with Crippen LogP contribution in [0.4, 0.5) is 4.79 Å². The molecule has 1 N–H and O–H groups in total. The molecule has 1 aliphatic heterocycles. The number of hydrogen-bond donors (Lipinski definition) is 1. The maximum Gasteiger partial charge on any atom is 0.290 e. The van der Waals surface area contributed by atoms with Gasteiger partial charge >= 0.3 is 0 Å². The molecule has 0 bridgehead atoms. The van der Waals surface area contributed by atoms with E-state index in [-0.39, 0.29) is 5.24 Å². The van der Waals surface area contributed by atoms with Crippen LogP contribution in [0, 0.1) is 0 Å². The van der Waals surface area contributed by atoms with Crippen LogP contribution in [0.5, 0.6) is 0 Å². The van der Waals surface area contributed by atoms with Gasteiger partial charge in [0.1, 0.15) is 11.3 Å². The molecule has 3 aromatic rings. The van der Waals surface area contributed by atoms with E-state index in [0.717, 1.165) is 28.3 Å². The van der Waals surface area contributed by atoms with E-state index in [1.807, 2.05) is 12.1 Å². The predicted octanol–water partition coefficient (Wildman–Crippen LogP) is 4.47. The molecule has 118 valence electrons. The fraction of sp³-hybridized carbons (Fsp3) is 0. The number of fused-ring (bicyclic) bond motifs is 1. The highest BCUT2D eigenvalue weighted by Crippen LogP contribution is 2.33. The van der Waals surface area contributed by atoms with Crippen LogP contribution in [0.15, 0.2) is 52.0 Å². The standard InChI is InChI=1S/C17H9ClN2O3S/c18-11-3-1-9(2-4-11)13-8-19-7-10-5-12(23-15(10)13)6-14-16(21)20-17(22)24-14/h1-8H,(H,20,21,22). The summed E-state index contributed by atoms with van der Waals surface area (Å²) in [6.45, 7) is 0. The molecule has 2 aromatic heterocycles. The average molecular weight is 357 g/mol. The van der Waals surface area contributed by atoms with Gasteiger partial charge in [-0.3, -0.25) is 19.9 Å². The number of carbonyl (C=O) groups excluding carboxylic acids is 2. The maximum absolute atomic E-state index is 11.6. The lowest BCUT2D eigenvalue weighted by Crippen LogP contribution is -2.17. The van der Waals surface area contributed by atoms with E-state index >= 15 is 0 Å². The van der Waals surface area contributed by atoms with Crippen LogP contribution >= 0.6 is 23.4 Å². The lowest BCUT2D eigenvalue weighted by Gasteiger charge is -2.02. The van der Waals surface area contributed by atoms with Gasteiger partial charge in [0.25, 0.3) is 11.1 Å². The average Bonchev–Trinajstić information content (AvgIpc) is 3.10. The van der Waals surface area contributed by atoms with Crippen molar-refractivity contribution in [3.8, 4) is 11.1 Å². The Morgan fingerprint density at radius 3 is 2.67 bits per heavy atom. The van der Waals surface area contributed by atoms with Crippen molar-refractivity contribution in [2.24, 2.45) is 0 Å². The number of benzene rings is 1. The smallest absolute Gasteiger partial charge is 0.290 e. The van der Waals surface area contributed by atoms with E-state index in [4.69, 9.17) is 16.0 Å². The topological polar surface area (TPSA) is 72.2 Å². The largest absolute Gasteiger partial charge is 0.456 e. The second-order valence-corrected chi connectivity index (χ2v) is 6.56. The molecule has 1 aliphatic rings. The minimum absolute atomic E-state index is 0.306. The number of imide groups is 1. The number of halogens is 1. The van der Waals surface area contributed by atoms with Gasteiger partial charge in [-0.2, -0.15) is 0 Å². The van der Waals surface area contributed by atoms with Gasteiger partial charge in [0, 0.05) is 34.4 Å². The molecule has 1 fully saturated rings. The summed E-state index contributed by atoms with van der Waals surface area (Å²) in [6, 6.07) is 9.15. The molecule has 2 amide bonds. The van der Waals surface area contributed by atoms with E-state index < -0.39 is 5.91 Å². The Morgan fingerprint density at radius 2 is 1.96 bits per heavy atom. The first-order valence-corrected chi connectivity index (χ1v) is 8.18. The van der Waals surface area contributed by atoms with Crippen molar-refractivity contribution in [1.82, 2.24) is 10.3 Å². The second-order valence-electron chi connectivity index (χ2n) is 5.11. The number of nitrogens with one attached hydrogen (secondary N) is 1. The van der Waals surface area contributed by atoms with Crippen molar-refractivity contribution in [3.63, 3.8) is 0 Å². The first-order valence-electron chi connectivity index (χ1n) is 6.98. The monoisotopic (exact) mass is 356 g/mol. The Bertz CT molecular complexity index is 1010. The van der Waals surface area contributed by atoms with Gasteiger partial charge in [0.05, 0.1) is 4.91 Å². The zero-order chi connectivity index (χ0) is 16.7. The van der Waals surface area contributed by atoms with Gasteiger partial charge in [0.2, 0.25) is 0 Å². The van der Waals surface area contributed by atoms with Crippen molar-refractivity contribution >= 4 is 51.6 Å². The summed E-state index contributed by atoms with van der Waals surface area (Å²) >= 11 is 6.78. The van der Waals surface area contributed by atoms with Crippen molar-refractivity contribution in [2.45, 2.75) is 0 Å². The molecule has 0 aliphatic carbocycles. The third-order valence-electron chi connectivity index (χ3n) is 3.51. The summed E-state index contributed by atoms with van der Waals surface area (Å²) in [6.07, 6.45) is 4.95. The van der Waals surface area contributed by atoms with Crippen molar-refractivity contribution in [3.05, 3.63) is 58.4 Å². The molecule has 0 saturated carbocycles. The molecule has 7 heteroatoms. The number of aromatic nitrogens is 1. The van der Waals surface area contributed by atoms with Crippen molar-refractivity contribution in [1.29, 1.82) is 0 Å². The minimum Gasteiger partial charge on any atom is -0.456 e.